The van der Waals surface area contributed by atoms with E-state index >= 15 is 0 Å². The molecule has 0 radical (unpaired) electrons. The summed E-state index contributed by atoms with van der Waals surface area (Å²) in [5, 5.41) is 4.00. The van der Waals surface area contributed by atoms with Crippen molar-refractivity contribution >= 4 is 22.1 Å². The molecule has 2 aromatic rings. The molecular weight excluding hydrogens is 460 g/mol. The summed E-state index contributed by atoms with van der Waals surface area (Å²) in [6, 6.07) is 10.2. The Morgan fingerprint density at radius 3 is 2.12 bits per heavy atom. The Balaban J connectivity index is 1.52. The van der Waals surface area contributed by atoms with Crippen LogP contribution in [0.15, 0.2) is 46.4 Å². The smallest absolute Gasteiger partial charge is 0.254 e. The molecule has 1 aliphatic heterocycles. The van der Waals surface area contributed by atoms with E-state index in [1.807, 2.05) is 11.8 Å². The van der Waals surface area contributed by atoms with Crippen molar-refractivity contribution in [2.24, 2.45) is 5.10 Å². The van der Waals surface area contributed by atoms with Crippen LogP contribution in [0.5, 0.6) is 17.2 Å². The number of rotatable bonds is 9. The van der Waals surface area contributed by atoms with E-state index < -0.39 is 10.0 Å². The fourth-order valence-electron chi connectivity index (χ4n) is 3.58. The molecule has 0 atom stereocenters. The minimum atomic E-state index is -3.54. The molecule has 0 aromatic heterocycles. The summed E-state index contributed by atoms with van der Waals surface area (Å²) in [4.78, 5) is 14.5. The van der Waals surface area contributed by atoms with Gasteiger partial charge in [-0.05, 0) is 31.2 Å². The monoisotopic (exact) mass is 490 g/mol. The SMILES string of the molecule is COc1cc(/C=N/NC(=O)CN2CCN(S(=O)(=O)c3ccc(C)cc3)CC2)cc(OC)c1OC. The van der Waals surface area contributed by atoms with Crippen LogP contribution in [0.1, 0.15) is 11.1 Å². The zero-order valence-electron chi connectivity index (χ0n) is 19.8. The van der Waals surface area contributed by atoms with Gasteiger partial charge in [0.1, 0.15) is 0 Å². The van der Waals surface area contributed by atoms with E-state index in [4.69, 9.17) is 14.2 Å². The van der Waals surface area contributed by atoms with Gasteiger partial charge in [0.2, 0.25) is 15.8 Å². The molecule has 0 aliphatic carbocycles. The van der Waals surface area contributed by atoms with Crippen molar-refractivity contribution in [1.29, 1.82) is 0 Å². The molecule has 0 spiro atoms. The Labute approximate surface area is 200 Å². The predicted molar refractivity (Wildman–Crippen MR) is 128 cm³/mol. The highest BCUT2D eigenvalue weighted by molar-refractivity contribution is 7.89. The van der Waals surface area contributed by atoms with Crippen molar-refractivity contribution < 1.29 is 27.4 Å². The molecule has 1 amide bonds. The minimum Gasteiger partial charge on any atom is -0.493 e. The standard InChI is InChI=1S/C23H30N4O6S/c1-17-5-7-19(8-6-17)34(29,30)27-11-9-26(10-12-27)16-22(28)25-24-15-18-13-20(31-2)23(33-4)21(14-18)32-3/h5-8,13-15H,9-12,16H2,1-4H3,(H,25,28)/b24-15+. The molecule has 0 saturated carbocycles. The molecule has 0 bridgehead atoms. The summed E-state index contributed by atoms with van der Waals surface area (Å²) < 4.78 is 43.0. The van der Waals surface area contributed by atoms with Gasteiger partial charge < -0.3 is 14.2 Å². The van der Waals surface area contributed by atoms with Crippen LogP contribution in [0, 0.1) is 6.92 Å². The van der Waals surface area contributed by atoms with Crippen LogP contribution in [0.3, 0.4) is 0 Å². The van der Waals surface area contributed by atoms with Gasteiger partial charge in [0, 0.05) is 31.7 Å². The molecule has 1 fully saturated rings. The first-order valence-corrected chi connectivity index (χ1v) is 12.1. The molecule has 184 valence electrons. The highest BCUT2D eigenvalue weighted by Gasteiger charge is 2.29. The summed E-state index contributed by atoms with van der Waals surface area (Å²) in [7, 11) is 1.02. The van der Waals surface area contributed by atoms with Gasteiger partial charge in [0.25, 0.3) is 5.91 Å². The minimum absolute atomic E-state index is 0.116. The summed E-state index contributed by atoms with van der Waals surface area (Å²) in [5.74, 6) is 1.13. The number of amides is 1. The van der Waals surface area contributed by atoms with E-state index in [1.165, 1.54) is 31.8 Å². The normalized spacial score (nSPS) is 15.3. The molecule has 0 unspecified atom stereocenters. The van der Waals surface area contributed by atoms with Crippen molar-refractivity contribution in [3.8, 4) is 17.2 Å². The van der Waals surface area contributed by atoms with Gasteiger partial charge in [-0.2, -0.15) is 9.41 Å². The molecule has 1 N–H and O–H groups in total. The topological polar surface area (TPSA) is 110 Å². The maximum atomic E-state index is 12.8. The largest absolute Gasteiger partial charge is 0.493 e. The maximum absolute atomic E-state index is 12.8. The second-order valence-electron chi connectivity index (χ2n) is 7.75. The number of nitrogens with one attached hydrogen (secondary N) is 1. The highest BCUT2D eigenvalue weighted by atomic mass is 32.2. The Morgan fingerprint density at radius 1 is 1.00 bits per heavy atom. The van der Waals surface area contributed by atoms with Gasteiger partial charge in [-0.15, -0.1) is 0 Å². The molecule has 1 saturated heterocycles. The first-order chi connectivity index (χ1) is 16.3. The van der Waals surface area contributed by atoms with Gasteiger partial charge in [-0.1, -0.05) is 17.7 Å². The summed E-state index contributed by atoms with van der Waals surface area (Å²) in [5.41, 5.74) is 4.16. The Hall–Kier alpha value is -3.15. The third kappa shape index (κ3) is 6.04. The van der Waals surface area contributed by atoms with Crippen LogP contribution in [-0.2, 0) is 14.8 Å². The van der Waals surface area contributed by atoms with Gasteiger partial charge in [-0.25, -0.2) is 13.8 Å². The van der Waals surface area contributed by atoms with Crippen molar-refractivity contribution in [2.75, 3.05) is 54.1 Å². The molecule has 11 heteroatoms. The van der Waals surface area contributed by atoms with Crippen molar-refractivity contribution in [1.82, 2.24) is 14.6 Å². The number of hydrogen-bond donors (Lipinski definition) is 1. The molecule has 2 aromatic carbocycles. The Morgan fingerprint density at radius 2 is 1.59 bits per heavy atom. The first-order valence-electron chi connectivity index (χ1n) is 10.7. The van der Waals surface area contributed by atoms with Crippen LogP contribution in [0.25, 0.3) is 0 Å². The molecule has 1 aliphatic rings. The van der Waals surface area contributed by atoms with Crippen LogP contribution in [0.2, 0.25) is 0 Å². The van der Waals surface area contributed by atoms with Crippen LogP contribution < -0.4 is 19.6 Å². The average Bonchev–Trinajstić information content (AvgIpc) is 2.84. The number of carbonyl (C=O) groups excluding carboxylic acids is 1. The number of sulfonamides is 1. The number of nitrogens with zero attached hydrogens (tertiary/aromatic N) is 3. The van der Waals surface area contributed by atoms with E-state index in [0.29, 0.717) is 49.0 Å². The lowest BCUT2D eigenvalue weighted by atomic mass is 10.2. The van der Waals surface area contributed by atoms with Gasteiger partial charge in [0.15, 0.2) is 11.5 Å². The zero-order chi connectivity index (χ0) is 24.7. The van der Waals surface area contributed by atoms with E-state index in [0.717, 1.165) is 5.56 Å². The zero-order valence-corrected chi connectivity index (χ0v) is 20.6. The van der Waals surface area contributed by atoms with Crippen LogP contribution in [-0.4, -0.2) is 83.8 Å². The number of ether oxygens (including phenoxy) is 3. The first kappa shape index (κ1) is 25.5. The third-order valence-electron chi connectivity index (χ3n) is 5.45. The van der Waals surface area contributed by atoms with E-state index in [9.17, 15) is 13.2 Å². The van der Waals surface area contributed by atoms with Crippen molar-refractivity contribution in [2.45, 2.75) is 11.8 Å². The summed E-state index contributed by atoms with van der Waals surface area (Å²) >= 11 is 0. The van der Waals surface area contributed by atoms with E-state index in [2.05, 4.69) is 10.5 Å². The molecule has 3 rings (SSSR count). The fraction of sp³-hybridized carbons (Fsp3) is 0.391. The van der Waals surface area contributed by atoms with Gasteiger partial charge in [0.05, 0.1) is 39.0 Å². The third-order valence-corrected chi connectivity index (χ3v) is 7.36. The van der Waals surface area contributed by atoms with Gasteiger partial charge in [-0.3, -0.25) is 9.69 Å². The number of carbonyl (C=O) groups is 1. The highest BCUT2D eigenvalue weighted by Crippen LogP contribution is 2.37. The lowest BCUT2D eigenvalue weighted by Crippen LogP contribution is -2.50. The number of benzene rings is 2. The number of hydrazone groups is 1. The molecule has 10 nitrogen and oxygen atoms in total. The summed E-state index contributed by atoms with van der Waals surface area (Å²) in [6.07, 6.45) is 1.48. The Kier molecular flexibility index (Phi) is 8.48. The predicted octanol–water partition coefficient (Wildman–Crippen LogP) is 1.48. The second kappa shape index (κ2) is 11.3. The van der Waals surface area contributed by atoms with Crippen molar-refractivity contribution in [3.05, 3.63) is 47.5 Å². The average molecular weight is 491 g/mol. The fourth-order valence-corrected chi connectivity index (χ4v) is 5.00. The van der Waals surface area contributed by atoms with Crippen molar-refractivity contribution in [3.63, 3.8) is 0 Å². The lowest BCUT2D eigenvalue weighted by Gasteiger charge is -2.33. The maximum Gasteiger partial charge on any atom is 0.254 e. The number of hydrogen-bond acceptors (Lipinski definition) is 8. The van der Waals surface area contributed by atoms with Crippen LogP contribution in [0.4, 0.5) is 0 Å². The number of piperazine rings is 1. The van der Waals surface area contributed by atoms with E-state index in [-0.39, 0.29) is 17.3 Å². The van der Waals surface area contributed by atoms with Gasteiger partial charge >= 0.3 is 0 Å². The Bertz CT molecular complexity index is 1100. The quantitative estimate of drug-likeness (QED) is 0.419. The number of aryl methyl sites for hydroxylation is 1. The van der Waals surface area contributed by atoms with Crippen LogP contribution >= 0.6 is 0 Å². The van der Waals surface area contributed by atoms with E-state index in [1.54, 1.807) is 36.4 Å². The molecule has 1 heterocycles. The number of methoxy groups -OCH3 is 3. The molecule has 34 heavy (non-hydrogen) atoms. The second-order valence-corrected chi connectivity index (χ2v) is 9.68. The molecular formula is C23H30N4O6S. The lowest BCUT2D eigenvalue weighted by molar-refractivity contribution is -0.122. The summed E-state index contributed by atoms with van der Waals surface area (Å²) in [6.45, 7) is 3.57.